The van der Waals surface area contributed by atoms with Crippen molar-refractivity contribution in [2.45, 2.75) is 43.2 Å². The summed E-state index contributed by atoms with van der Waals surface area (Å²) in [7, 11) is -1.11. The van der Waals surface area contributed by atoms with Crippen LogP contribution in [0, 0.1) is 0 Å². The first-order chi connectivity index (χ1) is 16.8. The van der Waals surface area contributed by atoms with Crippen molar-refractivity contribution >= 4 is 15.9 Å². The molecule has 3 aromatic carbocycles. The molecule has 0 aliphatic heterocycles. The Hall–Kier alpha value is -3.36. The van der Waals surface area contributed by atoms with Gasteiger partial charge in [0.05, 0.1) is 19.1 Å². The van der Waals surface area contributed by atoms with E-state index in [1.165, 1.54) is 38.0 Å². The number of carbonyl (C=O) groups excluding carboxylic acids is 1. The van der Waals surface area contributed by atoms with Gasteiger partial charge in [0, 0.05) is 12.1 Å². The van der Waals surface area contributed by atoms with Crippen LogP contribution in [0.15, 0.2) is 83.8 Å². The Kier molecular flexibility index (Phi) is 9.28. The third kappa shape index (κ3) is 7.56. The summed E-state index contributed by atoms with van der Waals surface area (Å²) in [6, 6.07) is 22.5. The highest BCUT2D eigenvalue weighted by Gasteiger charge is 2.27. The van der Waals surface area contributed by atoms with Gasteiger partial charge in [-0.1, -0.05) is 60.7 Å². The SMILES string of the molecule is COc1ccc(S(=O)(=O)N[C@H](Cc2ccccc2)C(=O)N[C@@H](C)CCc2ccccc2)cc1OC. The van der Waals surface area contributed by atoms with Crippen LogP contribution >= 0.6 is 0 Å². The standard InChI is InChI=1S/C27H32N2O5S/c1-20(14-15-21-10-6-4-7-11-21)28-27(30)24(18-22-12-8-5-9-13-22)29-35(31,32)23-16-17-25(33-2)26(19-23)34-3/h4-13,16-17,19-20,24,29H,14-15,18H2,1-3H3,(H,28,30)/t20-,24+/m0/s1. The van der Waals surface area contributed by atoms with Crippen molar-refractivity contribution in [3.05, 3.63) is 90.0 Å². The van der Waals surface area contributed by atoms with Crippen LogP contribution < -0.4 is 19.5 Å². The molecule has 0 aliphatic rings. The number of carbonyl (C=O) groups is 1. The Morgan fingerprint density at radius 2 is 1.46 bits per heavy atom. The van der Waals surface area contributed by atoms with Crippen LogP contribution in [0.4, 0.5) is 0 Å². The van der Waals surface area contributed by atoms with Crippen LogP contribution in [0.25, 0.3) is 0 Å². The van der Waals surface area contributed by atoms with Crippen LogP contribution in [0.1, 0.15) is 24.5 Å². The predicted octanol–water partition coefficient (Wildman–Crippen LogP) is 3.73. The van der Waals surface area contributed by atoms with E-state index in [4.69, 9.17) is 9.47 Å². The Balaban J connectivity index is 1.76. The third-order valence-corrected chi connectivity index (χ3v) is 7.13. The molecule has 2 N–H and O–H groups in total. The monoisotopic (exact) mass is 496 g/mol. The van der Waals surface area contributed by atoms with Crippen LogP contribution in [0.5, 0.6) is 11.5 Å². The average Bonchev–Trinajstić information content (AvgIpc) is 2.87. The van der Waals surface area contributed by atoms with E-state index < -0.39 is 16.1 Å². The molecule has 0 aromatic heterocycles. The Labute approximate surface area is 207 Å². The molecule has 0 bridgehead atoms. The van der Waals surface area contributed by atoms with Crippen molar-refractivity contribution in [1.82, 2.24) is 10.0 Å². The van der Waals surface area contributed by atoms with E-state index in [1.807, 2.05) is 67.6 Å². The van der Waals surface area contributed by atoms with Gasteiger partial charge in [0.15, 0.2) is 11.5 Å². The van der Waals surface area contributed by atoms with E-state index in [2.05, 4.69) is 10.0 Å². The minimum atomic E-state index is -4.02. The van der Waals surface area contributed by atoms with Crippen molar-refractivity contribution in [2.24, 2.45) is 0 Å². The number of hydrogen-bond donors (Lipinski definition) is 2. The summed E-state index contributed by atoms with van der Waals surface area (Å²) < 4.78 is 39.5. The van der Waals surface area contributed by atoms with Gasteiger partial charge in [0.2, 0.25) is 15.9 Å². The maximum absolute atomic E-state index is 13.2. The van der Waals surface area contributed by atoms with Crippen molar-refractivity contribution in [1.29, 1.82) is 0 Å². The molecular weight excluding hydrogens is 464 g/mol. The van der Waals surface area contributed by atoms with E-state index >= 15 is 0 Å². The molecule has 186 valence electrons. The summed E-state index contributed by atoms with van der Waals surface area (Å²) in [5.41, 5.74) is 2.03. The van der Waals surface area contributed by atoms with E-state index in [9.17, 15) is 13.2 Å². The van der Waals surface area contributed by atoms with Gasteiger partial charge in [-0.2, -0.15) is 4.72 Å². The van der Waals surface area contributed by atoms with E-state index in [-0.39, 0.29) is 29.0 Å². The molecule has 7 nitrogen and oxygen atoms in total. The van der Waals surface area contributed by atoms with Gasteiger partial charge < -0.3 is 14.8 Å². The minimum Gasteiger partial charge on any atom is -0.493 e. The molecule has 3 rings (SSSR count). The zero-order valence-corrected chi connectivity index (χ0v) is 21.0. The van der Waals surface area contributed by atoms with Crippen molar-refractivity contribution < 1.29 is 22.7 Å². The van der Waals surface area contributed by atoms with Gasteiger partial charge in [-0.3, -0.25) is 4.79 Å². The number of rotatable bonds is 12. The summed E-state index contributed by atoms with van der Waals surface area (Å²) in [6.45, 7) is 1.92. The topological polar surface area (TPSA) is 93.7 Å². The number of amides is 1. The lowest BCUT2D eigenvalue weighted by Gasteiger charge is -2.22. The summed E-state index contributed by atoms with van der Waals surface area (Å²) in [5, 5.41) is 2.97. The van der Waals surface area contributed by atoms with Crippen molar-refractivity contribution in [3.8, 4) is 11.5 Å². The molecule has 1 amide bonds. The zero-order valence-electron chi connectivity index (χ0n) is 20.2. The molecule has 2 atom stereocenters. The zero-order chi connectivity index (χ0) is 25.3. The van der Waals surface area contributed by atoms with Gasteiger partial charge in [0.25, 0.3) is 0 Å². The number of methoxy groups -OCH3 is 2. The summed E-state index contributed by atoms with van der Waals surface area (Å²) >= 11 is 0. The van der Waals surface area contributed by atoms with Crippen LogP contribution in [0.2, 0.25) is 0 Å². The molecule has 8 heteroatoms. The maximum Gasteiger partial charge on any atom is 0.241 e. The third-order valence-electron chi connectivity index (χ3n) is 5.66. The molecule has 0 fully saturated rings. The number of sulfonamides is 1. The average molecular weight is 497 g/mol. The smallest absolute Gasteiger partial charge is 0.241 e. The molecule has 0 heterocycles. The fourth-order valence-electron chi connectivity index (χ4n) is 3.72. The molecule has 0 saturated heterocycles. The minimum absolute atomic E-state index is 0.0156. The van der Waals surface area contributed by atoms with Crippen LogP contribution in [0.3, 0.4) is 0 Å². The molecule has 35 heavy (non-hydrogen) atoms. The van der Waals surface area contributed by atoms with Crippen molar-refractivity contribution in [2.75, 3.05) is 14.2 Å². The van der Waals surface area contributed by atoms with E-state index in [1.54, 1.807) is 0 Å². The summed E-state index contributed by atoms with van der Waals surface area (Å²) in [4.78, 5) is 13.2. The predicted molar refractivity (Wildman–Crippen MR) is 136 cm³/mol. The number of aryl methyl sites for hydroxylation is 1. The highest BCUT2D eigenvalue weighted by molar-refractivity contribution is 7.89. The first-order valence-corrected chi connectivity index (χ1v) is 12.9. The van der Waals surface area contributed by atoms with Gasteiger partial charge >= 0.3 is 0 Å². The molecule has 0 aliphatic carbocycles. The van der Waals surface area contributed by atoms with E-state index in [0.29, 0.717) is 5.75 Å². The van der Waals surface area contributed by atoms with Crippen LogP contribution in [-0.2, 0) is 27.7 Å². The lowest BCUT2D eigenvalue weighted by molar-refractivity contribution is -0.123. The van der Waals surface area contributed by atoms with Gasteiger partial charge in [0.1, 0.15) is 6.04 Å². The molecular formula is C27H32N2O5S. The first-order valence-electron chi connectivity index (χ1n) is 11.4. The number of ether oxygens (including phenoxy) is 2. The molecule has 0 unspecified atom stereocenters. The van der Waals surface area contributed by atoms with Gasteiger partial charge in [-0.25, -0.2) is 8.42 Å². The second kappa shape index (κ2) is 12.4. The van der Waals surface area contributed by atoms with Crippen LogP contribution in [-0.4, -0.2) is 40.6 Å². The number of nitrogens with one attached hydrogen (secondary N) is 2. The molecule has 0 radical (unpaired) electrons. The second-order valence-electron chi connectivity index (χ2n) is 8.31. The summed E-state index contributed by atoms with van der Waals surface area (Å²) in [6.07, 6.45) is 1.75. The summed E-state index contributed by atoms with van der Waals surface area (Å²) in [5.74, 6) is 0.324. The van der Waals surface area contributed by atoms with Gasteiger partial charge in [-0.05, 0) is 49.4 Å². The van der Waals surface area contributed by atoms with E-state index in [0.717, 1.165) is 18.4 Å². The number of hydrogen-bond acceptors (Lipinski definition) is 5. The Morgan fingerprint density at radius 1 is 0.857 bits per heavy atom. The van der Waals surface area contributed by atoms with Crippen molar-refractivity contribution in [3.63, 3.8) is 0 Å². The highest BCUT2D eigenvalue weighted by Crippen LogP contribution is 2.29. The Bertz CT molecular complexity index is 1200. The molecule has 0 spiro atoms. The maximum atomic E-state index is 13.2. The fourth-order valence-corrected chi connectivity index (χ4v) is 4.93. The Morgan fingerprint density at radius 3 is 2.06 bits per heavy atom. The molecule has 3 aromatic rings. The lowest BCUT2D eigenvalue weighted by Crippen LogP contribution is -2.50. The quantitative estimate of drug-likeness (QED) is 0.399. The van der Waals surface area contributed by atoms with Gasteiger partial charge in [-0.15, -0.1) is 0 Å². The lowest BCUT2D eigenvalue weighted by atomic mass is 10.0. The normalized spacial score (nSPS) is 13.0. The number of benzene rings is 3. The highest BCUT2D eigenvalue weighted by atomic mass is 32.2. The fraction of sp³-hybridized carbons (Fsp3) is 0.296. The second-order valence-corrected chi connectivity index (χ2v) is 10.0. The largest absolute Gasteiger partial charge is 0.493 e. The first kappa shape index (κ1) is 26.2. The molecule has 0 saturated carbocycles.